The molecule has 0 aliphatic rings. The first-order valence-electron chi connectivity index (χ1n) is 6.06. The quantitative estimate of drug-likeness (QED) is 0.471. The van der Waals surface area contributed by atoms with Crippen molar-refractivity contribution in [1.82, 2.24) is 9.35 Å². The van der Waals surface area contributed by atoms with Crippen LogP contribution in [0.2, 0.25) is 0 Å². The smallest absolute Gasteiger partial charge is 0.0702 e. The van der Waals surface area contributed by atoms with Crippen LogP contribution in [-0.4, -0.2) is 9.35 Å². The minimum absolute atomic E-state index is 1.22. The Morgan fingerprint density at radius 1 is 0.500 bits per heavy atom. The highest BCUT2D eigenvalue weighted by Crippen LogP contribution is 2.20. The van der Waals surface area contributed by atoms with Crippen molar-refractivity contribution in [2.45, 2.75) is 0 Å². The van der Waals surface area contributed by atoms with E-state index >= 15 is 0 Å². The number of aromatic nitrogens is 2. The summed E-state index contributed by atoms with van der Waals surface area (Å²) in [5, 5.41) is 2.52. The number of hydrogen-bond donors (Lipinski definition) is 0. The Morgan fingerprint density at radius 3 is 1.44 bits per heavy atom. The van der Waals surface area contributed by atoms with Gasteiger partial charge in [-0.1, -0.05) is 36.4 Å². The summed E-state index contributed by atoms with van der Waals surface area (Å²) in [7, 11) is 0. The van der Waals surface area contributed by atoms with Gasteiger partial charge in [0.2, 0.25) is 0 Å². The van der Waals surface area contributed by atoms with E-state index in [2.05, 4.69) is 82.4 Å². The highest BCUT2D eigenvalue weighted by Gasteiger charge is 2.04. The Hall–Kier alpha value is -2.48. The fraction of sp³-hybridized carbons (Fsp3) is 0. The summed E-state index contributed by atoms with van der Waals surface area (Å²) in [6.45, 7) is 0. The van der Waals surface area contributed by atoms with Crippen molar-refractivity contribution in [2.24, 2.45) is 0 Å². The number of nitrogens with zero attached hydrogens (tertiary/aromatic N) is 2. The predicted molar refractivity (Wildman–Crippen MR) is 74.7 cm³/mol. The fourth-order valence-electron chi connectivity index (χ4n) is 2.51. The largest absolute Gasteiger partial charge is 0.256 e. The summed E-state index contributed by atoms with van der Waals surface area (Å²) in [5.74, 6) is 0. The van der Waals surface area contributed by atoms with Crippen molar-refractivity contribution in [3.8, 4) is 0 Å². The van der Waals surface area contributed by atoms with E-state index < -0.39 is 0 Å². The lowest BCUT2D eigenvalue weighted by molar-refractivity contribution is 0.719. The molecule has 0 aliphatic carbocycles. The zero-order valence-corrected chi connectivity index (χ0v) is 9.82. The predicted octanol–water partition coefficient (Wildman–Crippen LogP) is 3.91. The van der Waals surface area contributed by atoms with Crippen LogP contribution >= 0.6 is 0 Å². The van der Waals surface area contributed by atoms with E-state index in [0.717, 1.165) is 0 Å². The molecule has 0 amide bonds. The molecule has 0 N–H and O–H groups in total. The van der Waals surface area contributed by atoms with Crippen LogP contribution in [0.15, 0.2) is 73.1 Å². The zero-order chi connectivity index (χ0) is 11.9. The highest BCUT2D eigenvalue weighted by molar-refractivity contribution is 5.83. The second-order valence-corrected chi connectivity index (χ2v) is 4.44. The molecule has 0 fully saturated rings. The summed E-state index contributed by atoms with van der Waals surface area (Å²) >= 11 is 0. The minimum atomic E-state index is 1.22. The topological polar surface area (TPSA) is 9.86 Å². The average Bonchev–Trinajstić information content (AvgIpc) is 3.01. The molecule has 0 aliphatic heterocycles. The van der Waals surface area contributed by atoms with Gasteiger partial charge in [-0.25, -0.2) is 0 Å². The molecule has 0 unspecified atom stereocenters. The zero-order valence-electron chi connectivity index (χ0n) is 9.82. The average molecular weight is 232 g/mol. The summed E-state index contributed by atoms with van der Waals surface area (Å²) < 4.78 is 4.36. The molecule has 0 saturated heterocycles. The normalized spacial score (nSPS) is 11.3. The van der Waals surface area contributed by atoms with Gasteiger partial charge in [0.15, 0.2) is 0 Å². The molecular formula is C16H12N2. The van der Waals surface area contributed by atoms with Crippen molar-refractivity contribution >= 4 is 21.8 Å². The third kappa shape index (κ3) is 1.23. The molecule has 2 nitrogen and oxygen atoms in total. The van der Waals surface area contributed by atoms with Crippen molar-refractivity contribution in [1.29, 1.82) is 0 Å². The van der Waals surface area contributed by atoms with Gasteiger partial charge in [-0.3, -0.25) is 9.35 Å². The van der Waals surface area contributed by atoms with Gasteiger partial charge >= 0.3 is 0 Å². The molecule has 4 rings (SSSR count). The summed E-state index contributed by atoms with van der Waals surface area (Å²) in [4.78, 5) is 0. The summed E-state index contributed by atoms with van der Waals surface area (Å²) in [6.07, 6.45) is 4.22. The lowest BCUT2D eigenvalue weighted by Crippen LogP contribution is -2.05. The van der Waals surface area contributed by atoms with E-state index in [9.17, 15) is 0 Å². The second kappa shape index (κ2) is 3.50. The number of fused-ring (bicyclic) bond motifs is 2. The van der Waals surface area contributed by atoms with Crippen molar-refractivity contribution in [2.75, 3.05) is 0 Å². The Labute approximate surface area is 105 Å². The van der Waals surface area contributed by atoms with Gasteiger partial charge in [-0.05, 0) is 24.3 Å². The van der Waals surface area contributed by atoms with Gasteiger partial charge < -0.3 is 0 Å². The van der Waals surface area contributed by atoms with E-state index in [4.69, 9.17) is 0 Å². The molecule has 0 saturated carbocycles. The lowest BCUT2D eigenvalue weighted by atomic mass is 10.2. The highest BCUT2D eigenvalue weighted by atomic mass is 15.4. The molecule has 4 aromatic rings. The molecule has 2 heterocycles. The van der Waals surface area contributed by atoms with Gasteiger partial charge in [0, 0.05) is 23.2 Å². The number of para-hydroxylation sites is 2. The van der Waals surface area contributed by atoms with E-state index in [1.165, 1.54) is 21.8 Å². The maximum Gasteiger partial charge on any atom is 0.0702 e. The molecule has 86 valence electrons. The van der Waals surface area contributed by atoms with Crippen molar-refractivity contribution < 1.29 is 0 Å². The number of rotatable bonds is 1. The van der Waals surface area contributed by atoms with Gasteiger partial charge in [0.25, 0.3) is 0 Å². The van der Waals surface area contributed by atoms with Gasteiger partial charge in [-0.2, -0.15) is 0 Å². The monoisotopic (exact) mass is 232 g/mol. The molecule has 0 bridgehead atoms. The molecule has 2 heteroatoms. The van der Waals surface area contributed by atoms with Crippen LogP contribution in [0.5, 0.6) is 0 Å². The van der Waals surface area contributed by atoms with E-state index in [-0.39, 0.29) is 0 Å². The molecule has 2 aromatic heterocycles. The third-order valence-corrected chi connectivity index (χ3v) is 3.39. The molecule has 0 radical (unpaired) electrons. The SMILES string of the molecule is c1ccc2c(c1)ccn2-n1ccc2ccccc21. The molecule has 2 aromatic carbocycles. The van der Waals surface area contributed by atoms with Crippen molar-refractivity contribution in [3.05, 3.63) is 73.1 Å². The maximum atomic E-state index is 2.18. The van der Waals surface area contributed by atoms with E-state index in [1.54, 1.807) is 0 Å². The Kier molecular flexibility index (Phi) is 1.86. The van der Waals surface area contributed by atoms with Crippen molar-refractivity contribution in [3.63, 3.8) is 0 Å². The summed E-state index contributed by atoms with van der Waals surface area (Å²) in [5.41, 5.74) is 2.44. The first-order chi connectivity index (χ1) is 8.93. The maximum absolute atomic E-state index is 2.18. The standard InChI is InChI=1S/C16H12N2/c1-3-7-15-13(5-1)9-11-17(15)18-12-10-14-6-2-4-8-16(14)18/h1-12H. The molecule has 0 atom stereocenters. The Balaban J connectivity index is 2.08. The molecular weight excluding hydrogens is 220 g/mol. The van der Waals surface area contributed by atoms with E-state index in [0.29, 0.717) is 0 Å². The first-order valence-corrected chi connectivity index (χ1v) is 6.06. The number of benzene rings is 2. The van der Waals surface area contributed by atoms with Crippen LogP contribution in [0.1, 0.15) is 0 Å². The Bertz CT molecular complexity index is 764. The third-order valence-electron chi connectivity index (χ3n) is 3.39. The van der Waals surface area contributed by atoms with Crippen LogP contribution in [0.3, 0.4) is 0 Å². The van der Waals surface area contributed by atoms with E-state index in [1.807, 2.05) is 0 Å². The van der Waals surface area contributed by atoms with Crippen LogP contribution in [0.25, 0.3) is 21.8 Å². The lowest BCUT2D eigenvalue weighted by Gasteiger charge is -2.08. The first kappa shape index (κ1) is 9.54. The van der Waals surface area contributed by atoms with Crippen LogP contribution in [0, 0.1) is 0 Å². The van der Waals surface area contributed by atoms with Gasteiger partial charge in [0.1, 0.15) is 0 Å². The van der Waals surface area contributed by atoms with Gasteiger partial charge in [0.05, 0.1) is 11.0 Å². The Morgan fingerprint density at radius 2 is 0.944 bits per heavy atom. The number of hydrogen-bond acceptors (Lipinski definition) is 0. The molecule has 18 heavy (non-hydrogen) atoms. The van der Waals surface area contributed by atoms with Gasteiger partial charge in [-0.15, -0.1) is 0 Å². The minimum Gasteiger partial charge on any atom is -0.256 e. The van der Waals surface area contributed by atoms with Crippen LogP contribution < -0.4 is 0 Å². The second-order valence-electron chi connectivity index (χ2n) is 4.44. The summed E-state index contributed by atoms with van der Waals surface area (Å²) in [6, 6.07) is 21.1. The van der Waals surface area contributed by atoms with Crippen LogP contribution in [0.4, 0.5) is 0 Å². The van der Waals surface area contributed by atoms with Crippen LogP contribution in [-0.2, 0) is 0 Å². The molecule has 0 spiro atoms. The fourth-order valence-corrected chi connectivity index (χ4v) is 2.51.